The molecule has 1 aliphatic heterocycles. The highest BCUT2D eigenvalue weighted by molar-refractivity contribution is 7.12. The number of piperazine rings is 1. The van der Waals surface area contributed by atoms with Crippen molar-refractivity contribution in [3.05, 3.63) is 39.4 Å². The van der Waals surface area contributed by atoms with Gasteiger partial charge in [0.2, 0.25) is 5.91 Å². The van der Waals surface area contributed by atoms with Gasteiger partial charge in [-0.1, -0.05) is 11.2 Å². The first-order valence-corrected chi connectivity index (χ1v) is 9.66. The number of aromatic nitrogens is 1. The SMILES string of the molecule is Cc1noc(C)c1CC(=O)N1CCN(CCNC(=O)c2cccs2)CC1. The molecule has 0 atom stereocenters. The molecule has 0 aliphatic carbocycles. The van der Waals surface area contributed by atoms with Crippen molar-refractivity contribution in [2.24, 2.45) is 0 Å². The maximum Gasteiger partial charge on any atom is 0.261 e. The van der Waals surface area contributed by atoms with Gasteiger partial charge in [0.15, 0.2) is 0 Å². The van der Waals surface area contributed by atoms with Gasteiger partial charge in [-0.15, -0.1) is 11.3 Å². The Kier molecular flexibility index (Phi) is 6.05. The molecule has 0 saturated carbocycles. The third-order valence-electron chi connectivity index (χ3n) is 4.69. The molecule has 1 saturated heterocycles. The van der Waals surface area contributed by atoms with Gasteiger partial charge < -0.3 is 14.7 Å². The van der Waals surface area contributed by atoms with Crippen LogP contribution >= 0.6 is 11.3 Å². The van der Waals surface area contributed by atoms with Gasteiger partial charge in [0.25, 0.3) is 5.91 Å². The first-order valence-electron chi connectivity index (χ1n) is 8.78. The Labute approximate surface area is 156 Å². The quantitative estimate of drug-likeness (QED) is 0.826. The van der Waals surface area contributed by atoms with Gasteiger partial charge in [0, 0.05) is 44.8 Å². The summed E-state index contributed by atoms with van der Waals surface area (Å²) in [4.78, 5) is 29.3. The molecule has 1 fully saturated rings. The molecule has 1 N–H and O–H groups in total. The fourth-order valence-corrected chi connectivity index (χ4v) is 3.70. The van der Waals surface area contributed by atoms with Crippen LogP contribution in [0, 0.1) is 13.8 Å². The maximum atomic E-state index is 12.5. The highest BCUT2D eigenvalue weighted by Gasteiger charge is 2.23. The average Bonchev–Trinajstić information content (AvgIpc) is 3.28. The second-order valence-electron chi connectivity index (χ2n) is 6.44. The molecule has 0 aromatic carbocycles. The van der Waals surface area contributed by atoms with Gasteiger partial charge in [-0.05, 0) is 25.3 Å². The van der Waals surface area contributed by atoms with Gasteiger partial charge in [0.1, 0.15) is 5.76 Å². The zero-order valence-corrected chi connectivity index (χ0v) is 16.0. The topological polar surface area (TPSA) is 78.7 Å². The van der Waals surface area contributed by atoms with Crippen LogP contribution in [0.3, 0.4) is 0 Å². The van der Waals surface area contributed by atoms with E-state index in [2.05, 4.69) is 15.4 Å². The van der Waals surface area contributed by atoms with E-state index >= 15 is 0 Å². The van der Waals surface area contributed by atoms with E-state index in [0.29, 0.717) is 26.1 Å². The number of nitrogens with zero attached hydrogens (tertiary/aromatic N) is 3. The predicted octanol–water partition coefficient (Wildman–Crippen LogP) is 1.47. The summed E-state index contributed by atoms with van der Waals surface area (Å²) in [6.45, 7) is 8.17. The molecule has 2 aromatic heterocycles. The molecule has 3 rings (SSSR count). The van der Waals surface area contributed by atoms with Crippen molar-refractivity contribution < 1.29 is 14.1 Å². The van der Waals surface area contributed by atoms with Crippen LogP contribution in [-0.2, 0) is 11.2 Å². The lowest BCUT2D eigenvalue weighted by molar-refractivity contribution is -0.132. The van der Waals surface area contributed by atoms with Crippen molar-refractivity contribution in [2.75, 3.05) is 39.3 Å². The molecule has 1 aliphatic rings. The number of thiophene rings is 1. The number of nitrogens with one attached hydrogen (secondary N) is 1. The van der Waals surface area contributed by atoms with Crippen LogP contribution in [0.25, 0.3) is 0 Å². The maximum absolute atomic E-state index is 12.5. The number of amides is 2. The number of carbonyl (C=O) groups excluding carboxylic acids is 2. The Balaban J connectivity index is 1.38. The van der Waals surface area contributed by atoms with E-state index in [1.165, 1.54) is 11.3 Å². The summed E-state index contributed by atoms with van der Waals surface area (Å²) in [7, 11) is 0. The van der Waals surface area contributed by atoms with Gasteiger partial charge in [-0.25, -0.2) is 0 Å². The third kappa shape index (κ3) is 4.50. The first kappa shape index (κ1) is 18.6. The number of hydrogen-bond donors (Lipinski definition) is 1. The zero-order chi connectivity index (χ0) is 18.5. The number of rotatable bonds is 6. The van der Waals surface area contributed by atoms with E-state index in [4.69, 9.17) is 4.52 Å². The van der Waals surface area contributed by atoms with E-state index in [9.17, 15) is 9.59 Å². The van der Waals surface area contributed by atoms with Gasteiger partial charge >= 0.3 is 0 Å². The van der Waals surface area contributed by atoms with Crippen molar-refractivity contribution in [1.29, 1.82) is 0 Å². The molecule has 7 nitrogen and oxygen atoms in total. The van der Waals surface area contributed by atoms with Crippen LogP contribution in [0.5, 0.6) is 0 Å². The minimum atomic E-state index is -0.0201. The Morgan fingerprint density at radius 3 is 2.65 bits per heavy atom. The van der Waals surface area contributed by atoms with E-state index in [1.54, 1.807) is 0 Å². The van der Waals surface area contributed by atoms with Crippen LogP contribution in [0.15, 0.2) is 22.0 Å². The lowest BCUT2D eigenvalue weighted by Crippen LogP contribution is -2.50. The molecule has 26 heavy (non-hydrogen) atoms. The molecule has 0 unspecified atom stereocenters. The third-order valence-corrected chi connectivity index (χ3v) is 5.56. The normalized spacial score (nSPS) is 15.2. The zero-order valence-electron chi connectivity index (χ0n) is 15.2. The summed E-state index contributed by atoms with van der Waals surface area (Å²) in [5.74, 6) is 0.814. The Morgan fingerprint density at radius 1 is 1.27 bits per heavy atom. The summed E-state index contributed by atoms with van der Waals surface area (Å²) in [5, 5.41) is 8.74. The lowest BCUT2D eigenvalue weighted by Gasteiger charge is -2.34. The highest BCUT2D eigenvalue weighted by Crippen LogP contribution is 2.15. The second-order valence-corrected chi connectivity index (χ2v) is 7.38. The fourth-order valence-electron chi connectivity index (χ4n) is 3.06. The molecular formula is C18H24N4O3S. The van der Waals surface area contributed by atoms with Gasteiger partial charge in [-0.3, -0.25) is 14.5 Å². The lowest BCUT2D eigenvalue weighted by atomic mass is 10.1. The monoisotopic (exact) mass is 376 g/mol. The standard InChI is InChI=1S/C18H24N4O3S/c1-13-15(14(2)25-20-13)12-17(23)22-9-7-21(8-10-22)6-5-19-18(24)16-4-3-11-26-16/h3-4,11H,5-10,12H2,1-2H3,(H,19,24). The second kappa shape index (κ2) is 8.46. The predicted molar refractivity (Wildman–Crippen MR) is 99.4 cm³/mol. The fraction of sp³-hybridized carbons (Fsp3) is 0.500. The summed E-state index contributed by atoms with van der Waals surface area (Å²) in [6.07, 6.45) is 0.345. The first-order chi connectivity index (χ1) is 12.5. The van der Waals surface area contributed by atoms with E-state index in [1.807, 2.05) is 36.3 Å². The van der Waals surface area contributed by atoms with Crippen LogP contribution in [0.1, 0.15) is 26.7 Å². The van der Waals surface area contributed by atoms with Crippen LogP contribution in [-0.4, -0.2) is 66.0 Å². The summed E-state index contributed by atoms with van der Waals surface area (Å²) in [6, 6.07) is 3.70. The van der Waals surface area contributed by atoms with Crippen LogP contribution in [0.2, 0.25) is 0 Å². The minimum absolute atomic E-state index is 0.0201. The number of carbonyl (C=O) groups is 2. The van der Waals surface area contributed by atoms with Crippen LogP contribution in [0.4, 0.5) is 0 Å². The number of hydrogen-bond acceptors (Lipinski definition) is 6. The van der Waals surface area contributed by atoms with E-state index in [0.717, 1.165) is 41.5 Å². The van der Waals surface area contributed by atoms with E-state index < -0.39 is 0 Å². The van der Waals surface area contributed by atoms with Gasteiger partial charge in [-0.2, -0.15) is 0 Å². The van der Waals surface area contributed by atoms with Crippen molar-refractivity contribution in [3.63, 3.8) is 0 Å². The minimum Gasteiger partial charge on any atom is -0.361 e. The molecule has 3 heterocycles. The van der Waals surface area contributed by atoms with Crippen LogP contribution < -0.4 is 5.32 Å². The van der Waals surface area contributed by atoms with Crippen molar-refractivity contribution in [2.45, 2.75) is 20.3 Å². The smallest absolute Gasteiger partial charge is 0.261 e. The highest BCUT2D eigenvalue weighted by atomic mass is 32.1. The Hall–Kier alpha value is -2.19. The molecule has 2 aromatic rings. The number of aryl methyl sites for hydroxylation is 2. The average molecular weight is 376 g/mol. The molecule has 140 valence electrons. The largest absolute Gasteiger partial charge is 0.361 e. The summed E-state index contributed by atoms with van der Waals surface area (Å²) >= 11 is 1.44. The Morgan fingerprint density at radius 2 is 2.04 bits per heavy atom. The molecule has 0 bridgehead atoms. The Bertz CT molecular complexity index is 729. The van der Waals surface area contributed by atoms with Gasteiger partial charge in [0.05, 0.1) is 17.0 Å². The summed E-state index contributed by atoms with van der Waals surface area (Å²) in [5.41, 5.74) is 1.68. The molecule has 8 heteroatoms. The molecular weight excluding hydrogens is 352 g/mol. The van der Waals surface area contributed by atoms with E-state index in [-0.39, 0.29) is 11.8 Å². The molecule has 0 radical (unpaired) electrons. The van der Waals surface area contributed by atoms with Crippen molar-refractivity contribution >= 4 is 23.2 Å². The molecule has 2 amide bonds. The summed E-state index contributed by atoms with van der Waals surface area (Å²) < 4.78 is 5.13. The molecule has 0 spiro atoms. The van der Waals surface area contributed by atoms with Crippen molar-refractivity contribution in [1.82, 2.24) is 20.3 Å². The van der Waals surface area contributed by atoms with Crippen molar-refractivity contribution in [3.8, 4) is 0 Å².